The van der Waals surface area contributed by atoms with Crippen molar-refractivity contribution >= 4 is 33.7 Å². The van der Waals surface area contributed by atoms with Gasteiger partial charge in [-0.1, -0.05) is 32.0 Å². The lowest BCUT2D eigenvalue weighted by atomic mass is 10.0. The maximum Gasteiger partial charge on any atom is 0.278 e. The van der Waals surface area contributed by atoms with Crippen molar-refractivity contribution in [1.29, 1.82) is 0 Å². The van der Waals surface area contributed by atoms with Crippen molar-refractivity contribution in [2.24, 2.45) is 0 Å². The molecule has 0 saturated carbocycles. The Balaban J connectivity index is 1.45. The van der Waals surface area contributed by atoms with Gasteiger partial charge in [0.1, 0.15) is 0 Å². The number of benzene rings is 2. The highest BCUT2D eigenvalue weighted by Gasteiger charge is 2.27. The first-order chi connectivity index (χ1) is 15.9. The van der Waals surface area contributed by atoms with E-state index in [-0.39, 0.29) is 22.6 Å². The Kier molecular flexibility index (Phi) is 6.55. The summed E-state index contributed by atoms with van der Waals surface area (Å²) in [5.74, 6) is 0.315. The third-order valence-corrected chi connectivity index (χ3v) is 6.39. The van der Waals surface area contributed by atoms with Gasteiger partial charge in [-0.05, 0) is 36.6 Å². The second-order valence-electron chi connectivity index (χ2n) is 8.71. The number of fused-ring (bicyclic) bond motifs is 1. The molecule has 0 spiro atoms. The number of piperazine rings is 1. The monoisotopic (exact) mass is 447 g/mol. The van der Waals surface area contributed by atoms with E-state index in [4.69, 9.17) is 0 Å². The van der Waals surface area contributed by atoms with Crippen LogP contribution in [0.1, 0.15) is 32.3 Å². The van der Waals surface area contributed by atoms with Gasteiger partial charge in [-0.15, -0.1) is 0 Å². The second kappa shape index (κ2) is 9.54. The van der Waals surface area contributed by atoms with Gasteiger partial charge in [0.15, 0.2) is 0 Å². The molecule has 0 radical (unpaired) electrons. The zero-order valence-corrected chi connectivity index (χ0v) is 19.2. The Morgan fingerprint density at radius 1 is 1.03 bits per heavy atom. The molecular formula is C25H29N5O3. The van der Waals surface area contributed by atoms with Gasteiger partial charge in [-0.3, -0.25) is 24.8 Å². The van der Waals surface area contributed by atoms with Crippen molar-refractivity contribution in [2.75, 3.05) is 36.4 Å². The summed E-state index contributed by atoms with van der Waals surface area (Å²) >= 11 is 0. The number of rotatable bonds is 6. The number of aromatic nitrogens is 1. The van der Waals surface area contributed by atoms with Crippen molar-refractivity contribution in [1.82, 2.24) is 9.88 Å². The maximum absolute atomic E-state index is 13.0. The van der Waals surface area contributed by atoms with E-state index in [9.17, 15) is 14.9 Å². The minimum Gasteiger partial charge on any atom is -0.368 e. The van der Waals surface area contributed by atoms with Crippen LogP contribution in [0.5, 0.6) is 0 Å². The minimum atomic E-state index is -0.372. The molecule has 1 amide bonds. The standard InChI is InChI=1S/C25H29N5O3/c1-17(2)19-6-4-5-7-22(19)27-25(31)18(3)28-12-14-29(15-13-28)23-8-9-24(30(32)33)21-16-26-11-10-20(21)23/h4-11,16-18H,12-15H2,1-3H3,(H,27,31)/t18-/m0/s1. The van der Waals surface area contributed by atoms with Gasteiger partial charge in [-0.25, -0.2) is 0 Å². The predicted octanol–water partition coefficient (Wildman–Crippen LogP) is 4.42. The molecule has 4 rings (SSSR count). The molecular weight excluding hydrogens is 418 g/mol. The first kappa shape index (κ1) is 22.7. The summed E-state index contributed by atoms with van der Waals surface area (Å²) in [4.78, 5) is 32.5. The van der Waals surface area contributed by atoms with Gasteiger partial charge >= 0.3 is 0 Å². The number of nitro groups is 1. The Morgan fingerprint density at radius 2 is 1.76 bits per heavy atom. The molecule has 0 bridgehead atoms. The molecule has 0 aliphatic carbocycles. The van der Waals surface area contributed by atoms with Crippen LogP contribution in [-0.4, -0.2) is 52.9 Å². The van der Waals surface area contributed by atoms with Crippen LogP contribution in [0.2, 0.25) is 0 Å². The molecule has 8 heteroatoms. The number of amides is 1. The molecule has 1 atom stereocenters. The average molecular weight is 448 g/mol. The zero-order valence-electron chi connectivity index (χ0n) is 19.2. The SMILES string of the molecule is CC(C)c1ccccc1NC(=O)[C@H](C)N1CCN(c2ccc([N+](=O)[O-])c3cnccc23)CC1. The third-order valence-electron chi connectivity index (χ3n) is 6.39. The Labute approximate surface area is 193 Å². The van der Waals surface area contributed by atoms with E-state index in [0.717, 1.165) is 48.5 Å². The van der Waals surface area contributed by atoms with Crippen molar-refractivity contribution in [2.45, 2.75) is 32.7 Å². The van der Waals surface area contributed by atoms with E-state index in [0.29, 0.717) is 11.3 Å². The van der Waals surface area contributed by atoms with Gasteiger partial charge in [0.25, 0.3) is 5.69 Å². The summed E-state index contributed by atoms with van der Waals surface area (Å²) in [5, 5.41) is 15.9. The van der Waals surface area contributed by atoms with E-state index < -0.39 is 0 Å². The number of hydrogen-bond acceptors (Lipinski definition) is 6. The van der Waals surface area contributed by atoms with Gasteiger partial charge < -0.3 is 10.2 Å². The number of non-ortho nitro benzene ring substituents is 1. The third kappa shape index (κ3) is 4.66. The van der Waals surface area contributed by atoms with Gasteiger partial charge in [0, 0.05) is 61.4 Å². The van der Waals surface area contributed by atoms with Crippen LogP contribution in [-0.2, 0) is 4.79 Å². The first-order valence-electron chi connectivity index (χ1n) is 11.3. The largest absolute Gasteiger partial charge is 0.368 e. The molecule has 3 aromatic rings. The molecule has 0 unspecified atom stereocenters. The van der Waals surface area contributed by atoms with Gasteiger partial charge in [-0.2, -0.15) is 0 Å². The maximum atomic E-state index is 13.0. The molecule has 1 aromatic heterocycles. The number of carbonyl (C=O) groups is 1. The number of pyridine rings is 1. The molecule has 8 nitrogen and oxygen atoms in total. The van der Waals surface area contributed by atoms with Crippen LogP contribution in [0.3, 0.4) is 0 Å². The summed E-state index contributed by atoms with van der Waals surface area (Å²) in [5.41, 5.74) is 3.02. The highest BCUT2D eigenvalue weighted by Crippen LogP contribution is 2.33. The fourth-order valence-electron chi connectivity index (χ4n) is 4.46. The van der Waals surface area contributed by atoms with Crippen molar-refractivity contribution in [3.8, 4) is 0 Å². The van der Waals surface area contributed by atoms with Crippen molar-refractivity contribution in [3.05, 3.63) is 70.5 Å². The lowest BCUT2D eigenvalue weighted by molar-refractivity contribution is -0.383. The second-order valence-corrected chi connectivity index (χ2v) is 8.71. The molecule has 1 N–H and O–H groups in total. The van der Waals surface area contributed by atoms with Crippen LogP contribution in [0.15, 0.2) is 54.9 Å². The van der Waals surface area contributed by atoms with Gasteiger partial charge in [0.05, 0.1) is 16.4 Å². The molecule has 2 aromatic carbocycles. The Bertz CT molecular complexity index is 1170. The summed E-state index contributed by atoms with van der Waals surface area (Å²) in [6.07, 6.45) is 3.21. The molecule has 33 heavy (non-hydrogen) atoms. The zero-order chi connectivity index (χ0) is 23.5. The molecule has 1 aliphatic heterocycles. The Hall–Kier alpha value is -3.52. The summed E-state index contributed by atoms with van der Waals surface area (Å²) in [7, 11) is 0. The highest BCUT2D eigenvalue weighted by molar-refractivity contribution is 5.99. The van der Waals surface area contributed by atoms with E-state index in [2.05, 4.69) is 33.9 Å². The Morgan fingerprint density at radius 3 is 2.45 bits per heavy atom. The smallest absolute Gasteiger partial charge is 0.278 e. The highest BCUT2D eigenvalue weighted by atomic mass is 16.6. The lowest BCUT2D eigenvalue weighted by Gasteiger charge is -2.39. The van der Waals surface area contributed by atoms with Gasteiger partial charge in [0.2, 0.25) is 5.91 Å². The molecule has 1 saturated heterocycles. The van der Waals surface area contributed by atoms with Crippen molar-refractivity contribution in [3.63, 3.8) is 0 Å². The number of hydrogen-bond donors (Lipinski definition) is 1. The topological polar surface area (TPSA) is 91.6 Å². The fourth-order valence-corrected chi connectivity index (χ4v) is 4.46. The minimum absolute atomic E-state index is 0.0107. The van der Waals surface area contributed by atoms with Crippen LogP contribution in [0.4, 0.5) is 17.1 Å². The van der Waals surface area contributed by atoms with Crippen LogP contribution in [0.25, 0.3) is 10.8 Å². The van der Waals surface area contributed by atoms with Crippen LogP contribution < -0.4 is 10.2 Å². The average Bonchev–Trinajstić information content (AvgIpc) is 2.83. The van der Waals surface area contributed by atoms with Crippen LogP contribution >= 0.6 is 0 Å². The number of carbonyl (C=O) groups excluding carboxylic acids is 1. The quantitative estimate of drug-likeness (QED) is 0.444. The molecule has 1 fully saturated rings. The number of nitro benzene ring substituents is 1. The normalized spacial score (nSPS) is 15.6. The van der Waals surface area contributed by atoms with E-state index in [1.807, 2.05) is 43.3 Å². The summed E-state index contributed by atoms with van der Waals surface area (Å²) < 4.78 is 0. The summed E-state index contributed by atoms with van der Waals surface area (Å²) in [6, 6.07) is 12.9. The van der Waals surface area contributed by atoms with Crippen molar-refractivity contribution < 1.29 is 9.72 Å². The molecule has 172 valence electrons. The molecule has 1 aliphatic rings. The van der Waals surface area contributed by atoms with E-state index >= 15 is 0 Å². The fraction of sp³-hybridized carbons (Fsp3) is 0.360. The summed E-state index contributed by atoms with van der Waals surface area (Å²) in [6.45, 7) is 9.09. The number of nitrogens with zero attached hydrogens (tertiary/aromatic N) is 4. The number of anilines is 2. The van der Waals surface area contributed by atoms with Crippen LogP contribution in [0, 0.1) is 10.1 Å². The predicted molar refractivity (Wildman–Crippen MR) is 131 cm³/mol. The first-order valence-corrected chi connectivity index (χ1v) is 11.3. The lowest BCUT2D eigenvalue weighted by Crippen LogP contribution is -2.52. The van der Waals surface area contributed by atoms with E-state index in [1.165, 1.54) is 0 Å². The van der Waals surface area contributed by atoms with E-state index in [1.54, 1.807) is 18.5 Å². The number of nitrogens with one attached hydrogen (secondary N) is 1. The molecule has 2 heterocycles. The number of para-hydroxylation sites is 1.